The lowest BCUT2D eigenvalue weighted by molar-refractivity contribution is -0.302. The number of rotatable bonds is 70. The van der Waals surface area contributed by atoms with Gasteiger partial charge in [-0.2, -0.15) is 0 Å². The lowest BCUT2D eigenvalue weighted by Gasteiger charge is -2.40. The lowest BCUT2D eigenvalue weighted by Crippen LogP contribution is -2.60. The van der Waals surface area contributed by atoms with Crippen molar-refractivity contribution in [1.29, 1.82) is 0 Å². The van der Waals surface area contributed by atoms with Gasteiger partial charge in [0.1, 0.15) is 24.4 Å². The summed E-state index contributed by atoms with van der Waals surface area (Å²) in [5.74, 6) is -0.182. The molecule has 0 spiro atoms. The first-order chi connectivity index (χ1) is 47.3. The van der Waals surface area contributed by atoms with Gasteiger partial charge in [-0.15, -0.1) is 0 Å². The monoisotopic (exact) mass is 1340 g/mol. The molecule has 1 amide bonds. The summed E-state index contributed by atoms with van der Waals surface area (Å²) in [5, 5.41) is 54.9. The van der Waals surface area contributed by atoms with Crippen LogP contribution in [0.15, 0.2) is 134 Å². The summed E-state index contributed by atoms with van der Waals surface area (Å²) in [6.45, 7) is 3.70. The zero-order valence-electron chi connectivity index (χ0n) is 62.1. The highest BCUT2D eigenvalue weighted by Gasteiger charge is 2.44. The fourth-order valence-corrected chi connectivity index (χ4v) is 12.2. The summed E-state index contributed by atoms with van der Waals surface area (Å²) in [6.07, 6.45) is 106. The van der Waals surface area contributed by atoms with Crippen LogP contribution in [-0.4, -0.2) is 87.5 Å². The standard InChI is InChI=1S/C87H151NO8/c1-3-5-7-9-11-13-15-17-19-21-23-25-27-29-31-33-35-37-38-39-40-41-42-43-44-45-47-49-51-53-55-57-59-61-63-65-67-69-71-73-75-77-83(91)88-80(79-95-87-86(94)85(93)84(92)82(78-89)96-87)81(90)76-74-72-70-68-66-64-62-60-58-56-54-52-50-48-46-36-34-32-30-28-26-24-22-20-18-16-14-12-10-8-6-4-2/h5,7,11,13,17,19,23,25,29,31,35,37,39-40,42-43,45,47,51,53,74,76,80-82,84-87,89-90,92-94H,3-4,6,8-10,12,14-16,18,20-22,24,26-28,30,32-34,36,38,41,44,46,48-50,52,54-73,75,77-79H2,1-2H3,(H,88,91)/b7-5-,13-11-,19-17-,25-23-,31-29-,37-35-,40-39-,43-42-,47-45-,53-51-,76-74+. The van der Waals surface area contributed by atoms with E-state index in [9.17, 15) is 30.3 Å². The number of allylic oxidation sites excluding steroid dienone is 21. The number of aliphatic hydroxyl groups excluding tert-OH is 5. The van der Waals surface area contributed by atoms with Crippen LogP contribution in [0.5, 0.6) is 0 Å². The van der Waals surface area contributed by atoms with Gasteiger partial charge < -0.3 is 40.3 Å². The van der Waals surface area contributed by atoms with Crippen molar-refractivity contribution < 1.29 is 39.8 Å². The Hall–Kier alpha value is -3.67. The second-order valence-corrected chi connectivity index (χ2v) is 27.5. The van der Waals surface area contributed by atoms with Crippen LogP contribution in [0.2, 0.25) is 0 Å². The fourth-order valence-electron chi connectivity index (χ4n) is 12.2. The largest absolute Gasteiger partial charge is 0.394 e. The Morgan fingerprint density at radius 3 is 0.958 bits per heavy atom. The van der Waals surface area contributed by atoms with Crippen molar-refractivity contribution >= 4 is 5.91 Å². The Morgan fingerprint density at radius 2 is 0.646 bits per heavy atom. The Bertz CT molecular complexity index is 1990. The SMILES string of the molecule is CC/C=C\C/C=C\C/C=C\C/C=C\C/C=C\C/C=C\C/C=C\C/C=C\C/C=C\C/C=C\CCCCCCCCCCCCC(=O)NC(COC1OC(CO)C(O)C(O)C1O)C(O)/C=C/CCCCCCCCCCCCCCCCCCCCCCCCCCCCCCCC. The van der Waals surface area contributed by atoms with Crippen LogP contribution in [-0.2, 0) is 14.3 Å². The van der Waals surface area contributed by atoms with Crippen LogP contribution in [0, 0.1) is 0 Å². The van der Waals surface area contributed by atoms with Crippen molar-refractivity contribution in [1.82, 2.24) is 5.32 Å². The first kappa shape index (κ1) is 90.3. The number of hydrogen-bond acceptors (Lipinski definition) is 8. The molecular weight excluding hydrogens is 1190 g/mol. The average molecular weight is 1340 g/mol. The molecule has 1 saturated heterocycles. The maximum atomic E-state index is 13.2. The number of unbranched alkanes of at least 4 members (excludes halogenated alkanes) is 40. The second kappa shape index (κ2) is 74.0. The summed E-state index contributed by atoms with van der Waals surface area (Å²) in [4.78, 5) is 13.2. The minimum absolute atomic E-state index is 0.182. The second-order valence-electron chi connectivity index (χ2n) is 27.5. The molecule has 0 aliphatic carbocycles. The Morgan fingerprint density at radius 1 is 0.365 bits per heavy atom. The van der Waals surface area contributed by atoms with Crippen LogP contribution in [0.1, 0.15) is 354 Å². The molecule has 0 aromatic rings. The maximum Gasteiger partial charge on any atom is 0.220 e. The van der Waals surface area contributed by atoms with E-state index in [1.54, 1.807) is 6.08 Å². The third kappa shape index (κ3) is 61.4. The van der Waals surface area contributed by atoms with Crippen molar-refractivity contribution in [2.24, 2.45) is 0 Å². The summed E-state index contributed by atoms with van der Waals surface area (Å²) in [5.41, 5.74) is 0. The smallest absolute Gasteiger partial charge is 0.220 e. The predicted octanol–water partition coefficient (Wildman–Crippen LogP) is 23.5. The van der Waals surface area contributed by atoms with Gasteiger partial charge in [0.25, 0.3) is 0 Å². The van der Waals surface area contributed by atoms with Crippen LogP contribution in [0.3, 0.4) is 0 Å². The van der Waals surface area contributed by atoms with Crippen LogP contribution < -0.4 is 5.32 Å². The third-order valence-corrected chi connectivity index (χ3v) is 18.5. The molecule has 7 atom stereocenters. The maximum absolute atomic E-state index is 13.2. The van der Waals surface area contributed by atoms with Crippen LogP contribution in [0.4, 0.5) is 0 Å². The normalized spacial score (nSPS) is 18.2. The van der Waals surface area contributed by atoms with Gasteiger partial charge in [-0.05, 0) is 96.3 Å². The number of amides is 1. The van der Waals surface area contributed by atoms with E-state index >= 15 is 0 Å². The topological polar surface area (TPSA) is 149 Å². The fraction of sp³-hybridized carbons (Fsp3) is 0.736. The molecule has 1 fully saturated rings. The van der Waals surface area contributed by atoms with Gasteiger partial charge in [-0.3, -0.25) is 4.79 Å². The van der Waals surface area contributed by atoms with Gasteiger partial charge >= 0.3 is 0 Å². The quantitative estimate of drug-likeness (QED) is 0.0261. The molecule has 1 rings (SSSR count). The Kier molecular flexibility index (Phi) is 69.7. The zero-order chi connectivity index (χ0) is 69.2. The summed E-state index contributed by atoms with van der Waals surface area (Å²) in [6, 6.07) is -0.818. The van der Waals surface area contributed by atoms with E-state index in [2.05, 4.69) is 141 Å². The highest BCUT2D eigenvalue weighted by Crippen LogP contribution is 2.24. The van der Waals surface area contributed by atoms with Crippen molar-refractivity contribution in [3.05, 3.63) is 134 Å². The molecule has 6 N–H and O–H groups in total. The zero-order valence-corrected chi connectivity index (χ0v) is 62.1. The van der Waals surface area contributed by atoms with Crippen LogP contribution in [0.25, 0.3) is 0 Å². The minimum Gasteiger partial charge on any atom is -0.394 e. The van der Waals surface area contributed by atoms with E-state index in [0.29, 0.717) is 6.42 Å². The number of aliphatic hydroxyl groups is 5. The molecule has 9 nitrogen and oxygen atoms in total. The highest BCUT2D eigenvalue weighted by atomic mass is 16.7. The third-order valence-electron chi connectivity index (χ3n) is 18.5. The van der Waals surface area contributed by atoms with Gasteiger partial charge in [0, 0.05) is 6.42 Å². The number of carbonyl (C=O) groups is 1. The molecule has 0 aromatic heterocycles. The first-order valence-corrected chi connectivity index (χ1v) is 40.4. The molecule has 0 radical (unpaired) electrons. The molecule has 1 aliphatic heterocycles. The molecule has 96 heavy (non-hydrogen) atoms. The van der Waals surface area contributed by atoms with E-state index < -0.39 is 49.5 Å². The average Bonchev–Trinajstić information content (AvgIpc) is 0.840. The number of nitrogens with one attached hydrogen (secondary N) is 1. The van der Waals surface area contributed by atoms with Crippen molar-refractivity contribution in [3.8, 4) is 0 Å². The number of hydrogen-bond donors (Lipinski definition) is 6. The molecule has 1 aliphatic rings. The van der Waals surface area contributed by atoms with Gasteiger partial charge in [0.05, 0.1) is 25.4 Å². The van der Waals surface area contributed by atoms with Crippen molar-refractivity contribution in [2.75, 3.05) is 13.2 Å². The van der Waals surface area contributed by atoms with Gasteiger partial charge in [-0.1, -0.05) is 385 Å². The summed E-state index contributed by atoms with van der Waals surface area (Å²) in [7, 11) is 0. The molecule has 0 bridgehead atoms. The lowest BCUT2D eigenvalue weighted by atomic mass is 9.99. The predicted molar refractivity (Wildman–Crippen MR) is 414 cm³/mol. The highest BCUT2D eigenvalue weighted by molar-refractivity contribution is 5.76. The number of ether oxygens (including phenoxy) is 2. The van der Waals surface area contributed by atoms with E-state index in [1.807, 2.05) is 6.08 Å². The van der Waals surface area contributed by atoms with Gasteiger partial charge in [0.15, 0.2) is 6.29 Å². The molecule has 552 valence electrons. The molecule has 1 heterocycles. The molecule has 9 heteroatoms. The van der Waals surface area contributed by atoms with E-state index in [0.717, 1.165) is 116 Å². The van der Waals surface area contributed by atoms with E-state index in [1.165, 1.54) is 218 Å². The Labute approximate surface area is 591 Å². The minimum atomic E-state index is -1.58. The van der Waals surface area contributed by atoms with E-state index in [4.69, 9.17) is 9.47 Å². The molecule has 0 aromatic carbocycles. The number of carbonyl (C=O) groups excluding carboxylic acids is 1. The van der Waals surface area contributed by atoms with Crippen LogP contribution >= 0.6 is 0 Å². The molecule has 0 saturated carbocycles. The summed E-state index contributed by atoms with van der Waals surface area (Å²) < 4.78 is 11.3. The van der Waals surface area contributed by atoms with Crippen molar-refractivity contribution in [3.63, 3.8) is 0 Å². The van der Waals surface area contributed by atoms with Crippen molar-refractivity contribution in [2.45, 2.75) is 397 Å². The van der Waals surface area contributed by atoms with E-state index in [-0.39, 0.29) is 12.5 Å². The molecule has 7 unspecified atom stereocenters. The summed E-state index contributed by atoms with van der Waals surface area (Å²) >= 11 is 0. The Balaban J connectivity index is 2.11. The first-order valence-electron chi connectivity index (χ1n) is 40.4. The van der Waals surface area contributed by atoms with Gasteiger partial charge in [0.2, 0.25) is 5.91 Å². The van der Waals surface area contributed by atoms with Gasteiger partial charge in [-0.25, -0.2) is 0 Å². The molecular formula is C87H151NO8.